The van der Waals surface area contributed by atoms with Crippen LogP contribution in [0.4, 0.5) is 13.2 Å². The molecule has 0 N–H and O–H groups in total. The van der Waals surface area contributed by atoms with Gasteiger partial charge >= 0.3 is 6.18 Å². The summed E-state index contributed by atoms with van der Waals surface area (Å²) < 4.78 is 62.5. The van der Waals surface area contributed by atoms with Crippen molar-refractivity contribution in [3.8, 4) is 0 Å². The van der Waals surface area contributed by atoms with E-state index in [9.17, 15) is 21.6 Å². The Morgan fingerprint density at radius 3 is 2.67 bits per heavy atom. The zero-order valence-corrected chi connectivity index (χ0v) is 11.9. The van der Waals surface area contributed by atoms with Crippen LogP contribution in [0.3, 0.4) is 0 Å². The van der Waals surface area contributed by atoms with Gasteiger partial charge in [-0.3, -0.25) is 4.98 Å². The maximum absolute atomic E-state index is 12.7. The molecule has 3 rings (SSSR count). The molecule has 0 aromatic carbocycles. The number of hydrogen-bond acceptors (Lipinski definition) is 3. The molecule has 2 aliphatic heterocycles. The van der Waals surface area contributed by atoms with Crippen molar-refractivity contribution in [2.24, 2.45) is 0 Å². The summed E-state index contributed by atoms with van der Waals surface area (Å²) in [6.07, 6.45) is 0.512. The number of aromatic nitrogens is 1. The number of nitrogens with zero attached hydrogens (tertiary/aromatic N) is 1. The summed E-state index contributed by atoms with van der Waals surface area (Å²) in [5.74, 6) is 0. The first kappa shape index (κ1) is 14.6. The molecule has 7 heteroatoms. The van der Waals surface area contributed by atoms with Crippen LogP contribution in [0.15, 0.2) is 24.4 Å². The Hall–Kier alpha value is -1.37. The molecular weight excluding hydrogens is 303 g/mol. The highest BCUT2D eigenvalue weighted by atomic mass is 32.2. The highest BCUT2D eigenvalue weighted by molar-refractivity contribution is 7.93. The molecule has 1 aromatic heterocycles. The Morgan fingerprint density at radius 2 is 2.00 bits per heavy atom. The molecule has 0 radical (unpaired) electrons. The molecule has 0 aliphatic carbocycles. The van der Waals surface area contributed by atoms with Crippen LogP contribution in [0.5, 0.6) is 0 Å². The summed E-state index contributed by atoms with van der Waals surface area (Å²) in [6.45, 7) is 0. The lowest BCUT2D eigenvalue weighted by atomic mass is 9.95. The average Bonchev–Trinajstić information content (AvgIpc) is 2.36. The number of hydrogen-bond donors (Lipinski definition) is 0. The fourth-order valence-corrected chi connectivity index (χ4v) is 5.28. The number of rotatable bonds is 1. The molecule has 1 saturated heterocycles. The SMILES string of the molecule is O=S1(=O)C2C=C(c3cc(C(F)(F)F)ccn3)CC1CCC2. The van der Waals surface area contributed by atoms with Crippen LogP contribution in [0.1, 0.15) is 36.9 Å². The first-order chi connectivity index (χ1) is 9.78. The van der Waals surface area contributed by atoms with E-state index in [-0.39, 0.29) is 12.1 Å². The standard InChI is InChI=1S/C14H14F3NO2S/c15-14(16,17)10-4-5-18-13(8-10)9-6-11-2-1-3-12(7-9)21(11,19)20/h4-6,8,11-12H,1-3,7H2. The van der Waals surface area contributed by atoms with Gasteiger partial charge in [0.1, 0.15) is 0 Å². The van der Waals surface area contributed by atoms with Gasteiger partial charge in [0.2, 0.25) is 0 Å². The zero-order chi connectivity index (χ0) is 15.3. The summed E-state index contributed by atoms with van der Waals surface area (Å²) in [5, 5.41) is -1.05. The Morgan fingerprint density at radius 1 is 1.24 bits per heavy atom. The average molecular weight is 317 g/mol. The zero-order valence-electron chi connectivity index (χ0n) is 11.1. The molecule has 1 aromatic rings. The van der Waals surface area contributed by atoms with Crippen LogP contribution >= 0.6 is 0 Å². The quantitative estimate of drug-likeness (QED) is 0.799. The molecule has 0 spiro atoms. The van der Waals surface area contributed by atoms with Crippen LogP contribution in [0.2, 0.25) is 0 Å². The van der Waals surface area contributed by atoms with E-state index in [1.54, 1.807) is 6.08 Å². The van der Waals surface area contributed by atoms with Gasteiger partial charge in [-0.2, -0.15) is 13.2 Å². The molecule has 2 atom stereocenters. The molecule has 114 valence electrons. The highest BCUT2D eigenvalue weighted by Gasteiger charge is 2.41. The third kappa shape index (κ3) is 2.59. The van der Waals surface area contributed by atoms with E-state index < -0.39 is 32.1 Å². The molecule has 2 unspecified atom stereocenters. The van der Waals surface area contributed by atoms with Crippen molar-refractivity contribution in [1.82, 2.24) is 4.98 Å². The summed E-state index contributed by atoms with van der Waals surface area (Å²) in [4.78, 5) is 3.99. The normalized spacial score (nSPS) is 28.0. The monoisotopic (exact) mass is 317 g/mol. The van der Waals surface area contributed by atoms with Crippen molar-refractivity contribution in [2.45, 2.75) is 42.4 Å². The minimum absolute atomic E-state index is 0.233. The van der Waals surface area contributed by atoms with E-state index in [1.165, 1.54) is 0 Å². The van der Waals surface area contributed by atoms with Gasteiger partial charge in [0, 0.05) is 6.20 Å². The minimum Gasteiger partial charge on any atom is -0.257 e. The molecule has 3 heterocycles. The Balaban J connectivity index is 2.01. The number of fused-ring (bicyclic) bond motifs is 2. The number of allylic oxidation sites excluding steroid dienone is 1. The number of sulfone groups is 1. The second-order valence-electron chi connectivity index (χ2n) is 5.50. The summed E-state index contributed by atoms with van der Waals surface area (Å²) in [6, 6.07) is 1.92. The first-order valence-corrected chi connectivity index (χ1v) is 8.36. The van der Waals surface area contributed by atoms with E-state index in [1.807, 2.05) is 0 Å². The van der Waals surface area contributed by atoms with Crippen molar-refractivity contribution in [3.63, 3.8) is 0 Å². The predicted octanol–water partition coefficient (Wildman–Crippen LogP) is 3.22. The minimum atomic E-state index is -4.42. The van der Waals surface area contributed by atoms with Gasteiger partial charge in [-0.15, -0.1) is 0 Å². The molecule has 1 fully saturated rings. The van der Waals surface area contributed by atoms with Crippen molar-refractivity contribution in [1.29, 1.82) is 0 Å². The fraction of sp³-hybridized carbons (Fsp3) is 0.500. The molecular formula is C14H14F3NO2S. The molecule has 21 heavy (non-hydrogen) atoms. The van der Waals surface area contributed by atoms with Crippen LogP contribution < -0.4 is 0 Å². The lowest BCUT2D eigenvalue weighted by molar-refractivity contribution is -0.137. The summed E-state index contributed by atoms with van der Waals surface area (Å²) in [5.41, 5.74) is 0.0919. The Bertz CT molecular complexity index is 694. The third-order valence-electron chi connectivity index (χ3n) is 4.15. The lowest BCUT2D eigenvalue weighted by Gasteiger charge is -2.33. The van der Waals surface area contributed by atoms with Crippen LogP contribution in [-0.2, 0) is 16.0 Å². The molecule has 3 nitrogen and oxygen atoms in total. The maximum Gasteiger partial charge on any atom is 0.416 e. The van der Waals surface area contributed by atoms with Crippen molar-refractivity contribution in [2.75, 3.05) is 0 Å². The van der Waals surface area contributed by atoms with Crippen LogP contribution in [-0.4, -0.2) is 23.9 Å². The predicted molar refractivity (Wildman–Crippen MR) is 72.2 cm³/mol. The summed E-state index contributed by atoms with van der Waals surface area (Å²) >= 11 is 0. The van der Waals surface area contributed by atoms with Crippen molar-refractivity contribution < 1.29 is 21.6 Å². The number of pyridine rings is 1. The lowest BCUT2D eigenvalue weighted by Crippen LogP contribution is -2.38. The topological polar surface area (TPSA) is 47.0 Å². The number of halogens is 3. The largest absolute Gasteiger partial charge is 0.416 e. The molecule has 0 amide bonds. The van der Waals surface area contributed by atoms with Crippen molar-refractivity contribution >= 4 is 15.4 Å². The van der Waals surface area contributed by atoms with Gasteiger partial charge in [0.25, 0.3) is 0 Å². The number of alkyl halides is 3. The Kier molecular flexibility index (Phi) is 3.35. The Labute approximate surface area is 120 Å². The van der Waals surface area contributed by atoms with E-state index >= 15 is 0 Å². The van der Waals surface area contributed by atoms with Gasteiger partial charge in [0.05, 0.1) is 21.8 Å². The highest BCUT2D eigenvalue weighted by Crippen LogP contribution is 2.39. The smallest absolute Gasteiger partial charge is 0.257 e. The van der Waals surface area contributed by atoms with E-state index in [0.29, 0.717) is 18.4 Å². The van der Waals surface area contributed by atoms with E-state index in [0.717, 1.165) is 24.8 Å². The third-order valence-corrected chi connectivity index (χ3v) is 6.70. The van der Waals surface area contributed by atoms with E-state index in [2.05, 4.69) is 4.98 Å². The molecule has 2 bridgehead atoms. The van der Waals surface area contributed by atoms with Gasteiger partial charge < -0.3 is 0 Å². The maximum atomic E-state index is 12.7. The van der Waals surface area contributed by atoms with Crippen LogP contribution in [0.25, 0.3) is 5.57 Å². The molecule has 0 saturated carbocycles. The fourth-order valence-electron chi connectivity index (χ4n) is 3.03. The van der Waals surface area contributed by atoms with E-state index in [4.69, 9.17) is 0 Å². The molecule has 2 aliphatic rings. The van der Waals surface area contributed by atoms with Gasteiger partial charge in [0.15, 0.2) is 9.84 Å². The van der Waals surface area contributed by atoms with Crippen LogP contribution in [0, 0.1) is 0 Å². The van der Waals surface area contributed by atoms with Gasteiger partial charge in [-0.05, 0) is 37.0 Å². The van der Waals surface area contributed by atoms with Gasteiger partial charge in [-0.25, -0.2) is 8.42 Å². The van der Waals surface area contributed by atoms with Crippen molar-refractivity contribution in [3.05, 3.63) is 35.7 Å². The second-order valence-corrected chi connectivity index (χ2v) is 7.95. The van der Waals surface area contributed by atoms with Gasteiger partial charge in [-0.1, -0.05) is 12.5 Å². The first-order valence-electron chi connectivity index (χ1n) is 6.75. The second kappa shape index (κ2) is 4.83. The summed E-state index contributed by atoms with van der Waals surface area (Å²) in [7, 11) is -3.17.